The van der Waals surface area contributed by atoms with Gasteiger partial charge in [-0.1, -0.05) is 45.0 Å². The fourth-order valence-electron chi connectivity index (χ4n) is 3.86. The van der Waals surface area contributed by atoms with E-state index in [-0.39, 0.29) is 28.2 Å². The van der Waals surface area contributed by atoms with Crippen LogP contribution in [0.5, 0.6) is 5.75 Å². The number of benzene rings is 2. The third kappa shape index (κ3) is 5.12. The summed E-state index contributed by atoms with van der Waals surface area (Å²) >= 11 is 0. The number of nitro benzene ring substituents is 1. The molecular weight excluding hydrogens is 436 g/mol. The molecular formula is C25H34N2O5Si. The molecule has 1 heterocycles. The van der Waals surface area contributed by atoms with Crippen LogP contribution >= 0.6 is 0 Å². The van der Waals surface area contributed by atoms with Gasteiger partial charge < -0.3 is 14.1 Å². The van der Waals surface area contributed by atoms with Gasteiger partial charge in [0.25, 0.3) is 11.6 Å². The third-order valence-electron chi connectivity index (χ3n) is 7.00. The number of fused-ring (bicyclic) bond motifs is 1. The molecule has 8 heteroatoms. The minimum absolute atomic E-state index is 0.0392. The molecule has 0 aromatic heterocycles. The minimum atomic E-state index is -2.04. The molecule has 2 aromatic rings. The third-order valence-corrected chi connectivity index (χ3v) is 11.5. The van der Waals surface area contributed by atoms with Crippen LogP contribution in [0.2, 0.25) is 18.1 Å². The number of methoxy groups -OCH3 is 1. The summed E-state index contributed by atoms with van der Waals surface area (Å²) in [7, 11) is -0.546. The second-order valence-corrected chi connectivity index (χ2v) is 15.0. The van der Waals surface area contributed by atoms with Crippen LogP contribution in [0, 0.1) is 17.0 Å². The molecule has 1 amide bonds. The number of hydrogen-bond donors (Lipinski definition) is 0. The van der Waals surface area contributed by atoms with E-state index in [0.29, 0.717) is 30.9 Å². The summed E-state index contributed by atoms with van der Waals surface area (Å²) in [5, 5.41) is 11.8. The first-order valence-corrected chi connectivity index (χ1v) is 14.1. The average molecular weight is 471 g/mol. The smallest absolute Gasteiger partial charge is 0.282 e. The van der Waals surface area contributed by atoms with Gasteiger partial charge in [0.15, 0.2) is 8.32 Å². The Balaban J connectivity index is 2.01. The number of amides is 1. The van der Waals surface area contributed by atoms with E-state index >= 15 is 0 Å². The minimum Gasteiger partial charge on any atom is -0.496 e. The van der Waals surface area contributed by atoms with Crippen molar-refractivity contribution in [3.63, 3.8) is 0 Å². The van der Waals surface area contributed by atoms with Crippen LogP contribution < -0.4 is 4.74 Å². The van der Waals surface area contributed by atoms with Crippen LogP contribution in [0.15, 0.2) is 36.4 Å². The first-order valence-electron chi connectivity index (χ1n) is 11.2. The molecule has 1 aliphatic heterocycles. The summed E-state index contributed by atoms with van der Waals surface area (Å²) in [4.78, 5) is 26.8. The quantitative estimate of drug-likeness (QED) is 0.316. The summed E-state index contributed by atoms with van der Waals surface area (Å²) in [6.07, 6.45) is 0.646. The fourth-order valence-corrected chi connectivity index (χ4v) is 4.91. The molecule has 0 aliphatic carbocycles. The van der Waals surface area contributed by atoms with E-state index in [0.717, 1.165) is 5.56 Å². The predicted octanol–water partition coefficient (Wildman–Crippen LogP) is 5.50. The number of ether oxygens (including phenoxy) is 1. The summed E-state index contributed by atoms with van der Waals surface area (Å²) in [5.74, 6) is 0.0776. The summed E-state index contributed by atoms with van der Waals surface area (Å²) in [5.41, 5.74) is 2.68. The first kappa shape index (κ1) is 24.9. The molecule has 178 valence electrons. The van der Waals surface area contributed by atoms with Crippen LogP contribution in [0.3, 0.4) is 0 Å². The van der Waals surface area contributed by atoms with E-state index in [4.69, 9.17) is 9.16 Å². The van der Waals surface area contributed by atoms with Gasteiger partial charge >= 0.3 is 0 Å². The number of nitrogens with zero attached hydrogens (tertiary/aromatic N) is 2. The van der Waals surface area contributed by atoms with Crippen LogP contribution in [0.1, 0.15) is 47.8 Å². The van der Waals surface area contributed by atoms with Crippen molar-refractivity contribution in [1.82, 2.24) is 4.90 Å². The van der Waals surface area contributed by atoms with Crippen molar-refractivity contribution < 1.29 is 18.9 Å². The van der Waals surface area contributed by atoms with Gasteiger partial charge in [-0.2, -0.15) is 0 Å². The molecule has 3 rings (SSSR count). The molecule has 0 unspecified atom stereocenters. The lowest BCUT2D eigenvalue weighted by Crippen LogP contribution is -2.50. The molecule has 2 aromatic carbocycles. The van der Waals surface area contributed by atoms with Gasteiger partial charge in [-0.25, -0.2) is 0 Å². The van der Waals surface area contributed by atoms with Crippen molar-refractivity contribution >= 4 is 19.9 Å². The van der Waals surface area contributed by atoms with E-state index < -0.39 is 13.2 Å². The lowest BCUT2D eigenvalue weighted by atomic mass is 9.93. The average Bonchev–Trinajstić information content (AvgIpc) is 2.75. The standard InChI is InChI=1S/C25H34N2O5Si/c1-17-12-22(27(29)30)21(14-23(17)31-5)24(28)26-15-19-11-9-8-10-18(19)13-20(26)16-32-33(6,7)25(2,3)4/h8-12,14,20H,13,15-16H2,1-7H3/t20-/m0/s1. The number of aryl methyl sites for hydroxylation is 1. The lowest BCUT2D eigenvalue weighted by Gasteiger charge is -2.41. The van der Waals surface area contributed by atoms with Crippen LogP contribution in [0.4, 0.5) is 5.69 Å². The van der Waals surface area contributed by atoms with Gasteiger partial charge in [-0.3, -0.25) is 14.9 Å². The van der Waals surface area contributed by atoms with Gasteiger partial charge in [0.1, 0.15) is 11.3 Å². The Labute approximate surface area is 197 Å². The van der Waals surface area contributed by atoms with E-state index in [9.17, 15) is 14.9 Å². The van der Waals surface area contributed by atoms with Gasteiger partial charge in [-0.15, -0.1) is 0 Å². The Hall–Kier alpha value is -2.71. The summed E-state index contributed by atoms with van der Waals surface area (Å²) in [6.45, 7) is 13.4. The summed E-state index contributed by atoms with van der Waals surface area (Å²) in [6, 6.07) is 10.7. The number of nitro groups is 1. The number of rotatable bonds is 6. The Morgan fingerprint density at radius 1 is 1.21 bits per heavy atom. The highest BCUT2D eigenvalue weighted by Crippen LogP contribution is 2.38. The first-order chi connectivity index (χ1) is 15.4. The molecule has 0 spiro atoms. The molecule has 0 bridgehead atoms. The number of hydrogen-bond acceptors (Lipinski definition) is 5. The van der Waals surface area contributed by atoms with Gasteiger partial charge in [0.2, 0.25) is 0 Å². The zero-order valence-corrected chi connectivity index (χ0v) is 21.6. The Morgan fingerprint density at radius 3 is 2.42 bits per heavy atom. The maximum absolute atomic E-state index is 13.8. The zero-order valence-electron chi connectivity index (χ0n) is 20.6. The Kier molecular flexibility index (Phi) is 7.00. The van der Waals surface area contributed by atoms with Crippen LogP contribution in [-0.4, -0.2) is 43.8 Å². The predicted molar refractivity (Wildman–Crippen MR) is 131 cm³/mol. The second kappa shape index (κ2) is 9.27. The molecule has 0 N–H and O–H groups in total. The SMILES string of the molecule is COc1cc(C(=O)N2Cc3ccccc3C[C@H]2CO[Si](C)(C)C(C)(C)C)c([N+](=O)[O-])cc1C. The monoisotopic (exact) mass is 470 g/mol. The summed E-state index contributed by atoms with van der Waals surface area (Å²) < 4.78 is 11.9. The van der Waals surface area contributed by atoms with Crippen molar-refractivity contribution in [3.8, 4) is 5.75 Å². The second-order valence-electron chi connectivity index (χ2n) is 10.2. The fraction of sp³-hybridized carbons (Fsp3) is 0.480. The van der Waals surface area contributed by atoms with Crippen molar-refractivity contribution in [2.45, 2.75) is 64.8 Å². The van der Waals surface area contributed by atoms with Crippen molar-refractivity contribution in [3.05, 3.63) is 68.8 Å². The Morgan fingerprint density at radius 2 is 1.85 bits per heavy atom. The van der Waals surface area contributed by atoms with Crippen LogP contribution in [-0.2, 0) is 17.4 Å². The molecule has 0 radical (unpaired) electrons. The van der Waals surface area contributed by atoms with Crippen molar-refractivity contribution in [1.29, 1.82) is 0 Å². The zero-order chi connectivity index (χ0) is 24.6. The Bertz CT molecular complexity index is 1060. The molecule has 1 atom stereocenters. The molecule has 1 aliphatic rings. The van der Waals surface area contributed by atoms with Crippen LogP contribution in [0.25, 0.3) is 0 Å². The molecule has 0 saturated carbocycles. The molecule has 0 fully saturated rings. The molecule has 7 nitrogen and oxygen atoms in total. The van der Waals surface area contributed by atoms with Gasteiger partial charge in [0.05, 0.1) is 24.7 Å². The molecule has 33 heavy (non-hydrogen) atoms. The highest BCUT2D eigenvalue weighted by Gasteiger charge is 2.40. The van der Waals surface area contributed by atoms with E-state index in [2.05, 4.69) is 39.9 Å². The van der Waals surface area contributed by atoms with E-state index in [1.807, 2.05) is 18.2 Å². The highest BCUT2D eigenvalue weighted by molar-refractivity contribution is 6.74. The van der Waals surface area contributed by atoms with Gasteiger partial charge in [-0.05, 0) is 48.2 Å². The van der Waals surface area contributed by atoms with Crippen molar-refractivity contribution in [2.75, 3.05) is 13.7 Å². The lowest BCUT2D eigenvalue weighted by molar-refractivity contribution is -0.385. The normalized spacial score (nSPS) is 16.3. The molecule has 0 saturated heterocycles. The number of carbonyl (C=O) groups is 1. The van der Waals surface area contributed by atoms with Gasteiger partial charge in [0, 0.05) is 18.7 Å². The maximum atomic E-state index is 13.8. The van der Waals surface area contributed by atoms with Crippen molar-refractivity contribution in [2.24, 2.45) is 0 Å². The van der Waals surface area contributed by atoms with E-state index in [1.54, 1.807) is 11.8 Å². The largest absolute Gasteiger partial charge is 0.496 e. The maximum Gasteiger partial charge on any atom is 0.282 e. The van der Waals surface area contributed by atoms with E-state index in [1.165, 1.54) is 24.8 Å². The topological polar surface area (TPSA) is 81.9 Å². The number of carbonyl (C=O) groups excluding carboxylic acids is 1. The highest BCUT2D eigenvalue weighted by atomic mass is 28.4.